The summed E-state index contributed by atoms with van der Waals surface area (Å²) in [5, 5.41) is 4.64. The van der Waals surface area contributed by atoms with E-state index in [1.165, 1.54) is 0 Å². The van der Waals surface area contributed by atoms with Crippen LogP contribution < -0.4 is 5.32 Å². The predicted octanol–water partition coefficient (Wildman–Crippen LogP) is 7.53. The van der Waals surface area contributed by atoms with Gasteiger partial charge in [-0.1, -0.05) is 31.2 Å². The lowest BCUT2D eigenvalue weighted by molar-refractivity contribution is 0.0636. The van der Waals surface area contributed by atoms with Crippen LogP contribution in [0.3, 0.4) is 0 Å². The molecule has 36 heavy (non-hydrogen) atoms. The van der Waals surface area contributed by atoms with Gasteiger partial charge < -0.3 is 13.7 Å². The first-order chi connectivity index (χ1) is 17.1. The monoisotopic (exact) mass is 551 g/mol. The number of furan rings is 1. The highest BCUT2D eigenvalue weighted by molar-refractivity contribution is 9.10. The maximum absolute atomic E-state index is 12.2. The molecule has 7 nitrogen and oxygen atoms in total. The summed E-state index contributed by atoms with van der Waals surface area (Å²) < 4.78 is 14.1. The minimum absolute atomic E-state index is 0.512. The van der Waals surface area contributed by atoms with Gasteiger partial charge in [-0.3, -0.25) is 10.1 Å². The van der Waals surface area contributed by atoms with E-state index >= 15 is 0 Å². The third kappa shape index (κ3) is 5.54. The van der Waals surface area contributed by atoms with Crippen LogP contribution in [0, 0.1) is 6.92 Å². The Bertz CT molecular complexity index is 1430. The number of halogens is 1. The second kappa shape index (κ2) is 10.3. The number of amides is 1. The molecule has 4 aromatic rings. The molecule has 0 aliphatic carbocycles. The molecule has 0 spiro atoms. The molecule has 0 unspecified atom stereocenters. The fourth-order valence-corrected chi connectivity index (χ4v) is 4.68. The molecule has 0 bridgehead atoms. The van der Waals surface area contributed by atoms with Crippen LogP contribution in [0.1, 0.15) is 61.7 Å². The van der Waals surface area contributed by atoms with E-state index in [1.54, 1.807) is 6.07 Å². The number of hydrogen-bond acceptors (Lipinski definition) is 5. The zero-order chi connectivity index (χ0) is 26.0. The van der Waals surface area contributed by atoms with Crippen molar-refractivity contribution in [2.45, 2.75) is 59.6 Å². The summed E-state index contributed by atoms with van der Waals surface area (Å²) in [5.41, 5.74) is 3.25. The van der Waals surface area contributed by atoms with Gasteiger partial charge in [0.1, 0.15) is 22.9 Å². The Morgan fingerprint density at radius 2 is 1.97 bits per heavy atom. The third-order valence-corrected chi connectivity index (χ3v) is 6.29. The topological polar surface area (TPSA) is 86.4 Å². The van der Waals surface area contributed by atoms with Gasteiger partial charge in [-0.2, -0.15) is 0 Å². The predicted molar refractivity (Wildman–Crippen MR) is 145 cm³/mol. The van der Waals surface area contributed by atoms with E-state index in [2.05, 4.69) is 39.2 Å². The van der Waals surface area contributed by atoms with Crippen molar-refractivity contribution in [1.29, 1.82) is 0 Å². The number of nitrogens with zero attached hydrogens (tertiary/aromatic N) is 2. The molecular formula is C28H30BrN3O4. The van der Waals surface area contributed by atoms with Gasteiger partial charge in [0.2, 0.25) is 0 Å². The van der Waals surface area contributed by atoms with Crippen LogP contribution >= 0.6 is 15.9 Å². The van der Waals surface area contributed by atoms with Crippen LogP contribution in [0.25, 0.3) is 22.1 Å². The molecule has 1 N–H and O–H groups in total. The number of fused-ring (bicyclic) bond motifs is 1. The number of ether oxygens (including phenoxy) is 1. The molecule has 0 aliphatic heterocycles. The van der Waals surface area contributed by atoms with Crippen LogP contribution in [0.15, 0.2) is 51.6 Å². The SMILES string of the molecule is CCCc1nc(C)c(C=O)n1Cc1ccc2c(-c3cccc(NC(=O)OC(C)(C)C)c3)oc(Br)c2c1. The highest BCUT2D eigenvalue weighted by Crippen LogP contribution is 2.38. The Morgan fingerprint density at radius 1 is 1.19 bits per heavy atom. The van der Waals surface area contributed by atoms with Crippen molar-refractivity contribution in [2.75, 3.05) is 5.32 Å². The number of carbonyl (C=O) groups excluding carboxylic acids is 2. The normalized spacial score (nSPS) is 11.6. The number of carbonyl (C=O) groups is 2. The lowest BCUT2D eigenvalue weighted by atomic mass is 10.0. The van der Waals surface area contributed by atoms with Crippen LogP contribution in [-0.4, -0.2) is 27.5 Å². The van der Waals surface area contributed by atoms with Crippen LogP contribution in [-0.2, 0) is 17.7 Å². The Kier molecular flexibility index (Phi) is 7.36. The van der Waals surface area contributed by atoms with Crippen molar-refractivity contribution < 1.29 is 18.7 Å². The van der Waals surface area contributed by atoms with Crippen molar-refractivity contribution in [2.24, 2.45) is 0 Å². The lowest BCUT2D eigenvalue weighted by Gasteiger charge is -2.19. The quantitative estimate of drug-likeness (QED) is 0.240. The molecule has 4 rings (SSSR count). The molecule has 188 valence electrons. The highest BCUT2D eigenvalue weighted by atomic mass is 79.9. The molecule has 0 saturated heterocycles. The summed E-state index contributed by atoms with van der Waals surface area (Å²) in [6.07, 6.45) is 2.13. The molecule has 0 saturated carbocycles. The number of aromatic nitrogens is 2. The minimum atomic E-state index is -0.583. The molecule has 2 aromatic carbocycles. The van der Waals surface area contributed by atoms with Crippen molar-refractivity contribution in [3.05, 3.63) is 69.9 Å². The Morgan fingerprint density at radius 3 is 2.67 bits per heavy atom. The first-order valence-electron chi connectivity index (χ1n) is 11.9. The summed E-state index contributed by atoms with van der Waals surface area (Å²) in [7, 11) is 0. The average Bonchev–Trinajstić information content (AvgIpc) is 3.28. The number of hydrogen-bond donors (Lipinski definition) is 1. The van der Waals surface area contributed by atoms with Gasteiger partial charge in [-0.15, -0.1) is 0 Å². The molecule has 1 amide bonds. The molecule has 0 atom stereocenters. The first kappa shape index (κ1) is 25.7. The van der Waals surface area contributed by atoms with E-state index < -0.39 is 11.7 Å². The first-order valence-corrected chi connectivity index (χ1v) is 12.7. The molecular weight excluding hydrogens is 522 g/mol. The van der Waals surface area contributed by atoms with E-state index in [1.807, 2.05) is 62.6 Å². The number of nitrogens with one attached hydrogen (secondary N) is 1. The average molecular weight is 552 g/mol. The maximum atomic E-state index is 12.2. The number of aryl methyl sites for hydroxylation is 2. The third-order valence-electron chi connectivity index (χ3n) is 5.70. The highest BCUT2D eigenvalue weighted by Gasteiger charge is 2.19. The van der Waals surface area contributed by atoms with Gasteiger partial charge in [0, 0.05) is 35.0 Å². The number of benzene rings is 2. The molecule has 2 heterocycles. The number of imidazole rings is 1. The molecule has 0 radical (unpaired) electrons. The molecule has 2 aromatic heterocycles. The summed E-state index contributed by atoms with van der Waals surface area (Å²) in [6.45, 7) is 9.98. The summed E-state index contributed by atoms with van der Waals surface area (Å²) in [6, 6.07) is 13.6. The van der Waals surface area contributed by atoms with Gasteiger partial charge in [0.25, 0.3) is 0 Å². The van der Waals surface area contributed by atoms with Crippen molar-refractivity contribution >= 4 is 44.8 Å². The zero-order valence-electron chi connectivity index (χ0n) is 21.1. The maximum Gasteiger partial charge on any atom is 0.412 e. The van der Waals surface area contributed by atoms with Crippen molar-refractivity contribution in [3.63, 3.8) is 0 Å². The van der Waals surface area contributed by atoms with Gasteiger partial charge in [0.15, 0.2) is 11.0 Å². The van der Waals surface area contributed by atoms with E-state index in [4.69, 9.17) is 9.15 Å². The zero-order valence-corrected chi connectivity index (χ0v) is 22.7. The fraction of sp³-hybridized carbons (Fsp3) is 0.321. The Labute approximate surface area is 219 Å². The van der Waals surface area contributed by atoms with Gasteiger partial charge >= 0.3 is 6.09 Å². The summed E-state index contributed by atoms with van der Waals surface area (Å²) >= 11 is 3.57. The van der Waals surface area contributed by atoms with E-state index in [0.717, 1.165) is 52.5 Å². The smallest absolute Gasteiger partial charge is 0.412 e. The van der Waals surface area contributed by atoms with Crippen LogP contribution in [0.5, 0.6) is 0 Å². The molecule has 0 aliphatic rings. The number of rotatable bonds is 7. The Balaban J connectivity index is 1.65. The van der Waals surface area contributed by atoms with Crippen LogP contribution in [0.4, 0.5) is 10.5 Å². The Hall–Kier alpha value is -3.39. The number of aldehydes is 1. The van der Waals surface area contributed by atoms with Gasteiger partial charge in [0.05, 0.1) is 5.69 Å². The van der Waals surface area contributed by atoms with E-state index in [-0.39, 0.29) is 0 Å². The lowest BCUT2D eigenvalue weighted by Crippen LogP contribution is -2.27. The molecule has 8 heteroatoms. The van der Waals surface area contributed by atoms with Crippen LogP contribution in [0.2, 0.25) is 0 Å². The van der Waals surface area contributed by atoms with Gasteiger partial charge in [-0.25, -0.2) is 9.78 Å². The van der Waals surface area contributed by atoms with E-state index in [9.17, 15) is 9.59 Å². The fourth-order valence-electron chi connectivity index (χ4n) is 4.19. The van der Waals surface area contributed by atoms with Crippen molar-refractivity contribution in [3.8, 4) is 11.3 Å². The van der Waals surface area contributed by atoms with E-state index in [0.29, 0.717) is 28.4 Å². The van der Waals surface area contributed by atoms with Crippen molar-refractivity contribution in [1.82, 2.24) is 9.55 Å². The van der Waals surface area contributed by atoms with Gasteiger partial charge in [-0.05, 0) is 73.8 Å². The minimum Gasteiger partial charge on any atom is -0.448 e. The second-order valence-electron chi connectivity index (χ2n) is 9.75. The summed E-state index contributed by atoms with van der Waals surface area (Å²) in [5.74, 6) is 1.61. The second-order valence-corrected chi connectivity index (χ2v) is 10.5. The number of anilines is 1. The largest absolute Gasteiger partial charge is 0.448 e. The molecule has 0 fully saturated rings. The standard InChI is InChI=1S/C28H30BrN3O4/c1-6-8-24-30-17(2)23(16-33)32(24)15-18-11-12-21-22(13-18)26(29)35-25(21)19-9-7-10-20(14-19)31-27(34)36-28(3,4)5/h7,9-14,16H,6,8,15H2,1-5H3,(H,31,34). The summed E-state index contributed by atoms with van der Waals surface area (Å²) in [4.78, 5) is 28.5.